The van der Waals surface area contributed by atoms with Crippen LogP contribution in [0.3, 0.4) is 0 Å². The van der Waals surface area contributed by atoms with Crippen molar-refractivity contribution >= 4 is 51.7 Å². The average molecular weight is 649 g/mol. The van der Waals surface area contributed by atoms with E-state index in [2.05, 4.69) is 32.2 Å². The average Bonchev–Trinajstić information content (AvgIpc) is 3.64. The van der Waals surface area contributed by atoms with Crippen molar-refractivity contribution in [3.8, 4) is 0 Å². The standard InChI is InChI=1S/C21H30N8O10P2S/c1-33-15-13(9(5-30)36-19(15)28-4-3-11(22)27-21(28)31)38-40-35-6-10-14(39-41(32)42)16(34-2)20(37-10)29-8-26-12-17(23)24-7-25-18(12)29/h3-4,7-10,13-16,19-20,30,32,40,42H,5-6H2,1-2H3,(H2,22,27,31)(H2,23,24,25). The monoisotopic (exact) mass is 648 g/mol. The predicted molar refractivity (Wildman–Crippen MR) is 151 cm³/mol. The Balaban J connectivity index is 1.27. The van der Waals surface area contributed by atoms with Gasteiger partial charge < -0.3 is 54.0 Å². The van der Waals surface area contributed by atoms with Crippen molar-refractivity contribution < 1.29 is 42.5 Å². The summed E-state index contributed by atoms with van der Waals surface area (Å²) in [6.45, 7) is -0.448. The number of anilines is 2. The van der Waals surface area contributed by atoms with Gasteiger partial charge in [-0.2, -0.15) is 4.98 Å². The van der Waals surface area contributed by atoms with E-state index in [0.717, 1.165) is 0 Å². The summed E-state index contributed by atoms with van der Waals surface area (Å²) < 4.78 is 43.6. The zero-order chi connectivity index (χ0) is 30.0. The van der Waals surface area contributed by atoms with Crippen LogP contribution in [0.25, 0.3) is 11.2 Å². The number of thiol groups is 1. The van der Waals surface area contributed by atoms with E-state index >= 15 is 0 Å². The molecular weight excluding hydrogens is 618 g/mol. The second-order valence-corrected chi connectivity index (χ2v) is 11.6. The third-order valence-electron chi connectivity index (χ3n) is 6.79. The van der Waals surface area contributed by atoms with Gasteiger partial charge in [0.05, 0.1) is 19.5 Å². The molecule has 0 radical (unpaired) electrons. The van der Waals surface area contributed by atoms with E-state index in [9.17, 15) is 14.8 Å². The van der Waals surface area contributed by atoms with Gasteiger partial charge in [-0.25, -0.2) is 19.7 Å². The Bertz CT molecular complexity index is 1420. The molecule has 0 amide bonds. The van der Waals surface area contributed by atoms with Crippen molar-refractivity contribution in [2.75, 3.05) is 38.9 Å². The molecule has 18 nitrogen and oxygen atoms in total. The first kappa shape index (κ1) is 31.3. The van der Waals surface area contributed by atoms with Crippen molar-refractivity contribution in [3.63, 3.8) is 0 Å². The maximum absolute atomic E-state index is 12.4. The van der Waals surface area contributed by atoms with Gasteiger partial charge in [0.15, 0.2) is 33.0 Å². The molecule has 10 unspecified atom stereocenters. The number of imidazole rings is 1. The first-order valence-electron chi connectivity index (χ1n) is 12.4. The second kappa shape index (κ2) is 13.7. The quantitative estimate of drug-likeness (QED) is 0.0946. The number of nitrogens with zero attached hydrogens (tertiary/aromatic N) is 6. The van der Waals surface area contributed by atoms with Crippen LogP contribution >= 0.6 is 28.9 Å². The highest BCUT2D eigenvalue weighted by Gasteiger charge is 2.49. The molecule has 230 valence electrons. The molecule has 6 N–H and O–H groups in total. The van der Waals surface area contributed by atoms with Crippen LogP contribution < -0.4 is 17.2 Å². The Labute approximate surface area is 246 Å². The Morgan fingerprint density at radius 1 is 1.07 bits per heavy atom. The highest BCUT2D eigenvalue weighted by Crippen LogP contribution is 2.45. The molecule has 0 aliphatic carbocycles. The van der Waals surface area contributed by atoms with Crippen molar-refractivity contribution in [1.82, 2.24) is 29.1 Å². The zero-order valence-electron chi connectivity index (χ0n) is 22.2. The SMILES string of the molecule is COC1C(OPOCC2OC(n3cnc4c(N)ncnc43)C(OC)C2OP(O)S)C(CO)OC1n1ccc(N)nc1=O. The normalized spacial score (nSPS) is 30.6. The van der Waals surface area contributed by atoms with Gasteiger partial charge in [-0.3, -0.25) is 9.13 Å². The molecule has 5 rings (SSSR count). The lowest BCUT2D eigenvalue weighted by Crippen LogP contribution is -2.38. The molecule has 21 heteroatoms. The van der Waals surface area contributed by atoms with Crippen molar-refractivity contribution in [2.24, 2.45) is 0 Å². The fourth-order valence-corrected chi connectivity index (χ4v) is 6.40. The summed E-state index contributed by atoms with van der Waals surface area (Å²) in [4.78, 5) is 38.5. The van der Waals surface area contributed by atoms with E-state index in [-0.39, 0.29) is 18.2 Å². The molecule has 5 heterocycles. The van der Waals surface area contributed by atoms with E-state index < -0.39 is 78.0 Å². The number of aromatic nitrogens is 6. The summed E-state index contributed by atoms with van der Waals surface area (Å²) in [5.41, 5.74) is 11.7. The Morgan fingerprint density at radius 3 is 2.48 bits per heavy atom. The summed E-state index contributed by atoms with van der Waals surface area (Å²) in [6.07, 6.45) is -2.12. The molecule has 2 aliphatic rings. The largest absolute Gasteiger partial charge is 0.394 e. The number of ether oxygens (including phenoxy) is 4. The minimum atomic E-state index is -2.08. The lowest BCUT2D eigenvalue weighted by molar-refractivity contribution is -0.0624. The Hall–Kier alpha value is -2.12. The number of hydrogen-bond acceptors (Lipinski definition) is 17. The van der Waals surface area contributed by atoms with Gasteiger partial charge in [0, 0.05) is 20.4 Å². The molecule has 2 saturated heterocycles. The fraction of sp³-hybridized carbons (Fsp3) is 0.571. The van der Waals surface area contributed by atoms with E-state index in [1.54, 1.807) is 4.57 Å². The minimum Gasteiger partial charge on any atom is -0.394 e. The molecule has 10 atom stereocenters. The maximum Gasteiger partial charge on any atom is 0.351 e. The van der Waals surface area contributed by atoms with Crippen LogP contribution in [0.1, 0.15) is 12.5 Å². The third kappa shape index (κ3) is 6.24. The van der Waals surface area contributed by atoms with E-state index in [4.69, 9.17) is 44.0 Å². The van der Waals surface area contributed by atoms with E-state index in [1.807, 2.05) is 0 Å². The summed E-state index contributed by atoms with van der Waals surface area (Å²) >= 11 is 4.01. The molecule has 0 bridgehead atoms. The van der Waals surface area contributed by atoms with Crippen LogP contribution in [-0.4, -0.2) is 103 Å². The summed E-state index contributed by atoms with van der Waals surface area (Å²) in [6, 6.07) is 1.45. The van der Waals surface area contributed by atoms with Gasteiger partial charge in [0.2, 0.25) is 7.58 Å². The number of nitrogens with two attached hydrogens (primary N) is 2. The van der Waals surface area contributed by atoms with Crippen molar-refractivity contribution in [2.45, 2.75) is 49.1 Å². The molecule has 42 heavy (non-hydrogen) atoms. The molecule has 3 aromatic rings. The topological polar surface area (TPSA) is 236 Å². The summed E-state index contributed by atoms with van der Waals surface area (Å²) in [5, 5.41) is 9.92. The number of nitrogen functional groups attached to an aromatic ring is 2. The highest BCUT2D eigenvalue weighted by molar-refractivity contribution is 8.41. The van der Waals surface area contributed by atoms with E-state index in [1.165, 1.54) is 43.7 Å². The van der Waals surface area contributed by atoms with Crippen LogP contribution in [0.5, 0.6) is 0 Å². The van der Waals surface area contributed by atoms with E-state index in [0.29, 0.717) is 11.2 Å². The molecule has 3 aromatic heterocycles. The number of aliphatic hydroxyl groups excluding tert-OH is 1. The van der Waals surface area contributed by atoms with Gasteiger partial charge in [0.1, 0.15) is 54.3 Å². The Morgan fingerprint density at radius 2 is 1.79 bits per heavy atom. The van der Waals surface area contributed by atoms with Crippen LogP contribution in [0, 0.1) is 0 Å². The molecule has 2 aliphatic heterocycles. The molecule has 2 fully saturated rings. The first-order chi connectivity index (χ1) is 20.3. The van der Waals surface area contributed by atoms with Crippen LogP contribution in [-0.2, 0) is 32.5 Å². The molecular formula is C21H30N8O10P2S. The summed E-state index contributed by atoms with van der Waals surface area (Å²) in [7, 11) is 0.259. The highest BCUT2D eigenvalue weighted by atomic mass is 32.7. The molecule has 0 saturated carbocycles. The van der Waals surface area contributed by atoms with Gasteiger partial charge in [-0.15, -0.1) is 0 Å². The number of rotatable bonds is 12. The van der Waals surface area contributed by atoms with Crippen LogP contribution in [0.2, 0.25) is 0 Å². The molecule has 0 spiro atoms. The number of hydrogen-bond donors (Lipinski definition) is 5. The van der Waals surface area contributed by atoms with Crippen molar-refractivity contribution in [3.05, 3.63) is 35.4 Å². The zero-order valence-corrected chi connectivity index (χ0v) is 25.0. The fourth-order valence-electron chi connectivity index (χ4n) is 4.91. The second-order valence-electron chi connectivity index (χ2n) is 9.14. The number of fused-ring (bicyclic) bond motifs is 1. The van der Waals surface area contributed by atoms with Gasteiger partial charge in [-0.1, -0.05) is 12.2 Å². The van der Waals surface area contributed by atoms with Crippen LogP contribution in [0.4, 0.5) is 11.6 Å². The smallest absolute Gasteiger partial charge is 0.351 e. The van der Waals surface area contributed by atoms with Gasteiger partial charge in [-0.05, 0) is 6.07 Å². The van der Waals surface area contributed by atoms with Crippen molar-refractivity contribution in [1.29, 1.82) is 0 Å². The van der Waals surface area contributed by atoms with Crippen LogP contribution in [0.15, 0.2) is 29.7 Å². The first-order valence-corrected chi connectivity index (χ1v) is 15.6. The predicted octanol–water partition coefficient (Wildman–Crippen LogP) is -0.491. The lowest BCUT2D eigenvalue weighted by atomic mass is 10.1. The maximum atomic E-state index is 12.4. The number of aliphatic hydroxyl groups is 1. The van der Waals surface area contributed by atoms with Gasteiger partial charge >= 0.3 is 5.69 Å². The number of methoxy groups -OCH3 is 2. The minimum absolute atomic E-state index is 0.0417. The third-order valence-corrected chi connectivity index (χ3v) is 8.16. The summed E-state index contributed by atoms with van der Waals surface area (Å²) in [5.74, 6) is 0.265. The molecule has 0 aromatic carbocycles. The lowest BCUT2D eigenvalue weighted by Gasteiger charge is -2.24. The van der Waals surface area contributed by atoms with Gasteiger partial charge in [0.25, 0.3) is 0 Å². The Kier molecular flexibility index (Phi) is 10.2.